The van der Waals surface area contributed by atoms with Gasteiger partial charge in [-0.25, -0.2) is 0 Å². The Hall–Kier alpha value is -2.08. The molecule has 180 valence electrons. The van der Waals surface area contributed by atoms with Gasteiger partial charge in [-0.1, -0.05) is 129 Å². The van der Waals surface area contributed by atoms with Crippen molar-refractivity contribution in [2.24, 2.45) is 16.7 Å². The van der Waals surface area contributed by atoms with Crippen molar-refractivity contribution in [2.75, 3.05) is 0 Å². The predicted molar refractivity (Wildman–Crippen MR) is 148 cm³/mol. The summed E-state index contributed by atoms with van der Waals surface area (Å²) in [6.45, 7) is 23.9. The molecule has 0 amide bonds. The van der Waals surface area contributed by atoms with Crippen molar-refractivity contribution in [3.8, 4) is 11.1 Å². The lowest BCUT2D eigenvalue weighted by Crippen LogP contribution is -2.29. The van der Waals surface area contributed by atoms with Crippen LogP contribution in [-0.4, -0.2) is 0 Å². The zero-order chi connectivity index (χ0) is 24.8. The highest BCUT2D eigenvalue weighted by Crippen LogP contribution is 2.68. The Morgan fingerprint density at radius 3 is 1.74 bits per heavy atom. The van der Waals surface area contributed by atoms with Crippen molar-refractivity contribution in [2.45, 2.75) is 98.8 Å². The number of allylic oxidation sites excluding steroid dienone is 4. The summed E-state index contributed by atoms with van der Waals surface area (Å²) in [6.07, 6.45) is 7.53. The van der Waals surface area contributed by atoms with E-state index < -0.39 is 0 Å². The van der Waals surface area contributed by atoms with Gasteiger partial charge in [-0.15, -0.1) is 0 Å². The molecule has 0 radical (unpaired) electrons. The molecule has 3 aliphatic carbocycles. The summed E-state index contributed by atoms with van der Waals surface area (Å²) >= 11 is 0. The Kier molecular flexibility index (Phi) is 5.02. The van der Waals surface area contributed by atoms with Crippen LogP contribution in [-0.2, 0) is 10.8 Å². The molecule has 2 unspecified atom stereocenters. The van der Waals surface area contributed by atoms with Crippen LogP contribution in [0.15, 0.2) is 59.7 Å². The fourth-order valence-corrected chi connectivity index (χ4v) is 7.37. The van der Waals surface area contributed by atoms with Gasteiger partial charge in [0.2, 0.25) is 0 Å². The summed E-state index contributed by atoms with van der Waals surface area (Å²) in [7, 11) is 0. The maximum Gasteiger partial charge on any atom is 0.0165 e. The van der Waals surface area contributed by atoms with Crippen LogP contribution in [0, 0.1) is 16.7 Å². The van der Waals surface area contributed by atoms with Gasteiger partial charge in [0.05, 0.1) is 0 Å². The molecule has 1 fully saturated rings. The van der Waals surface area contributed by atoms with Gasteiger partial charge in [0.15, 0.2) is 0 Å². The standard InChI is InChI=1S/C34H44/c1-11-21-16-28-29(17-21)34(10,20-33(28,8)9)30-26-18-22(31(2,3)4)12-14-24(26)25-15-13-23(19-27(25)30)32(5,6)7/h12-19,29-30H,11,20H2,1-10H3. The van der Waals surface area contributed by atoms with Crippen LogP contribution in [0.25, 0.3) is 11.1 Å². The SMILES string of the molecule is CCC1=CC2C(=C1)C(C)(C)CC2(C)C1c2cc(C(C)(C)C)ccc2-c2ccc(C(C)(C)C)cc21. The second-order valence-corrected chi connectivity index (χ2v) is 14.3. The van der Waals surface area contributed by atoms with E-state index in [1.54, 1.807) is 16.7 Å². The fourth-order valence-electron chi connectivity index (χ4n) is 7.37. The summed E-state index contributed by atoms with van der Waals surface area (Å²) in [5.74, 6) is 0.947. The minimum Gasteiger partial charge on any atom is -0.0735 e. The molecule has 0 heteroatoms. The molecule has 0 aromatic heterocycles. The predicted octanol–water partition coefficient (Wildman–Crippen LogP) is 9.72. The maximum atomic E-state index is 2.63. The van der Waals surface area contributed by atoms with E-state index in [0.29, 0.717) is 11.8 Å². The summed E-state index contributed by atoms with van der Waals surface area (Å²) < 4.78 is 0. The Morgan fingerprint density at radius 2 is 1.29 bits per heavy atom. The highest BCUT2D eigenvalue weighted by molar-refractivity contribution is 5.80. The van der Waals surface area contributed by atoms with E-state index in [2.05, 4.69) is 118 Å². The third-order valence-corrected chi connectivity index (χ3v) is 9.19. The first-order valence-corrected chi connectivity index (χ1v) is 13.4. The molecule has 3 aliphatic rings. The lowest BCUT2D eigenvalue weighted by molar-refractivity contribution is 0.220. The maximum absolute atomic E-state index is 2.63. The molecule has 5 rings (SSSR count). The second-order valence-electron chi connectivity index (χ2n) is 14.3. The van der Waals surface area contributed by atoms with Crippen LogP contribution < -0.4 is 0 Å². The Balaban J connectivity index is 1.77. The normalized spacial score (nSPS) is 25.6. The van der Waals surface area contributed by atoms with Crippen molar-refractivity contribution in [3.63, 3.8) is 0 Å². The van der Waals surface area contributed by atoms with E-state index in [-0.39, 0.29) is 21.7 Å². The molecular weight excluding hydrogens is 408 g/mol. The number of fused-ring (bicyclic) bond motifs is 4. The Bertz CT molecular complexity index is 1150. The minimum atomic E-state index is 0.147. The van der Waals surface area contributed by atoms with Crippen molar-refractivity contribution in [1.82, 2.24) is 0 Å². The third kappa shape index (κ3) is 3.39. The monoisotopic (exact) mass is 452 g/mol. The molecule has 0 heterocycles. The van der Waals surface area contributed by atoms with Gasteiger partial charge in [0, 0.05) is 11.8 Å². The number of benzene rings is 2. The van der Waals surface area contributed by atoms with Crippen LogP contribution in [0.3, 0.4) is 0 Å². The molecule has 0 spiro atoms. The van der Waals surface area contributed by atoms with Crippen molar-refractivity contribution >= 4 is 0 Å². The molecule has 0 saturated heterocycles. The van der Waals surface area contributed by atoms with E-state index in [0.717, 1.165) is 6.42 Å². The van der Waals surface area contributed by atoms with Gasteiger partial charge < -0.3 is 0 Å². The molecule has 1 saturated carbocycles. The first-order valence-electron chi connectivity index (χ1n) is 13.4. The first kappa shape index (κ1) is 23.7. The zero-order valence-corrected chi connectivity index (χ0v) is 23.2. The molecule has 0 N–H and O–H groups in total. The zero-order valence-electron chi connectivity index (χ0n) is 23.2. The second kappa shape index (κ2) is 7.22. The molecule has 0 nitrogen and oxygen atoms in total. The van der Waals surface area contributed by atoms with E-state index in [1.807, 2.05) is 0 Å². The molecule has 34 heavy (non-hydrogen) atoms. The van der Waals surface area contributed by atoms with E-state index >= 15 is 0 Å². The number of rotatable bonds is 2. The van der Waals surface area contributed by atoms with E-state index in [4.69, 9.17) is 0 Å². The third-order valence-electron chi connectivity index (χ3n) is 9.19. The topological polar surface area (TPSA) is 0 Å². The average Bonchev–Trinajstić information content (AvgIpc) is 3.36. The molecule has 2 aromatic carbocycles. The van der Waals surface area contributed by atoms with Crippen LogP contribution >= 0.6 is 0 Å². The van der Waals surface area contributed by atoms with Crippen LogP contribution in [0.1, 0.15) is 110 Å². The van der Waals surface area contributed by atoms with Crippen molar-refractivity contribution in [1.29, 1.82) is 0 Å². The Labute approximate surface area is 208 Å². The lowest BCUT2D eigenvalue weighted by Gasteiger charge is -2.38. The highest BCUT2D eigenvalue weighted by atomic mass is 14.6. The quantitative estimate of drug-likeness (QED) is 0.425. The highest BCUT2D eigenvalue weighted by Gasteiger charge is 2.57. The van der Waals surface area contributed by atoms with Crippen LogP contribution in [0.5, 0.6) is 0 Å². The van der Waals surface area contributed by atoms with Gasteiger partial charge >= 0.3 is 0 Å². The van der Waals surface area contributed by atoms with Crippen LogP contribution in [0.4, 0.5) is 0 Å². The summed E-state index contributed by atoms with van der Waals surface area (Å²) in [6, 6.07) is 14.7. The van der Waals surface area contributed by atoms with E-state index in [9.17, 15) is 0 Å². The van der Waals surface area contributed by atoms with Gasteiger partial charge in [-0.2, -0.15) is 0 Å². The van der Waals surface area contributed by atoms with Crippen LogP contribution in [0.2, 0.25) is 0 Å². The lowest BCUT2D eigenvalue weighted by atomic mass is 9.64. The largest absolute Gasteiger partial charge is 0.0735 e. The van der Waals surface area contributed by atoms with Gasteiger partial charge in [0.25, 0.3) is 0 Å². The summed E-state index contributed by atoms with van der Waals surface area (Å²) in [5.41, 5.74) is 12.8. The first-order chi connectivity index (χ1) is 15.7. The van der Waals surface area contributed by atoms with Gasteiger partial charge in [-0.05, 0) is 67.9 Å². The molecule has 0 aliphatic heterocycles. The van der Waals surface area contributed by atoms with Gasteiger partial charge in [-0.3, -0.25) is 0 Å². The average molecular weight is 453 g/mol. The minimum absolute atomic E-state index is 0.147. The Morgan fingerprint density at radius 1 is 0.794 bits per heavy atom. The number of hydrogen-bond acceptors (Lipinski definition) is 0. The van der Waals surface area contributed by atoms with Gasteiger partial charge in [0.1, 0.15) is 0 Å². The van der Waals surface area contributed by atoms with Crippen molar-refractivity contribution < 1.29 is 0 Å². The number of hydrogen-bond donors (Lipinski definition) is 0. The van der Waals surface area contributed by atoms with Crippen molar-refractivity contribution in [3.05, 3.63) is 82.0 Å². The summed E-state index contributed by atoms with van der Waals surface area (Å²) in [4.78, 5) is 0. The molecular formula is C34H44. The smallest absolute Gasteiger partial charge is 0.0165 e. The van der Waals surface area contributed by atoms with E-state index in [1.165, 1.54) is 34.2 Å². The summed E-state index contributed by atoms with van der Waals surface area (Å²) in [5, 5.41) is 0. The molecule has 0 bridgehead atoms. The fraction of sp³-hybridized carbons (Fsp3) is 0.529. The molecule has 2 atom stereocenters. The molecule has 2 aromatic rings.